The fourth-order valence-electron chi connectivity index (χ4n) is 3.22. The van der Waals surface area contributed by atoms with E-state index >= 15 is 0 Å². The van der Waals surface area contributed by atoms with Gasteiger partial charge in [0.2, 0.25) is 0 Å². The Hall–Kier alpha value is -3.80. The quantitative estimate of drug-likeness (QED) is 0.580. The Balaban J connectivity index is 1.78. The zero-order chi connectivity index (χ0) is 22.4. The number of hydrogen-bond donors (Lipinski definition) is 2. The highest BCUT2D eigenvalue weighted by molar-refractivity contribution is 6.05. The van der Waals surface area contributed by atoms with Gasteiger partial charge in [0.05, 0.1) is 20.3 Å². The number of aryl methyl sites for hydroxylation is 1. The monoisotopic (exact) mass is 418 g/mol. The number of nitrogens with one attached hydrogen (secondary N) is 2. The van der Waals surface area contributed by atoms with E-state index < -0.39 is 0 Å². The van der Waals surface area contributed by atoms with E-state index in [9.17, 15) is 9.59 Å². The van der Waals surface area contributed by atoms with Crippen LogP contribution < -0.4 is 20.1 Å². The van der Waals surface area contributed by atoms with Crippen molar-refractivity contribution in [2.75, 3.05) is 19.5 Å². The molecule has 3 aromatic carbocycles. The average molecular weight is 418 g/mol. The smallest absolute Gasteiger partial charge is 0.255 e. The van der Waals surface area contributed by atoms with Crippen LogP contribution in [0.1, 0.15) is 44.8 Å². The first-order valence-electron chi connectivity index (χ1n) is 9.92. The molecule has 0 unspecified atom stereocenters. The van der Waals surface area contributed by atoms with Crippen LogP contribution in [0.15, 0.2) is 66.7 Å². The molecule has 0 saturated heterocycles. The van der Waals surface area contributed by atoms with E-state index in [0.717, 1.165) is 11.1 Å². The molecular formula is C25H26N2O4. The Morgan fingerprint density at radius 2 is 1.58 bits per heavy atom. The third-order valence-corrected chi connectivity index (χ3v) is 5.03. The topological polar surface area (TPSA) is 76.7 Å². The fraction of sp³-hybridized carbons (Fsp3) is 0.200. The van der Waals surface area contributed by atoms with Gasteiger partial charge >= 0.3 is 0 Å². The Morgan fingerprint density at radius 3 is 2.26 bits per heavy atom. The van der Waals surface area contributed by atoms with E-state index in [-0.39, 0.29) is 17.9 Å². The summed E-state index contributed by atoms with van der Waals surface area (Å²) in [6, 6.07) is 19.3. The summed E-state index contributed by atoms with van der Waals surface area (Å²) in [5, 5.41) is 5.87. The molecule has 2 amide bonds. The predicted molar refractivity (Wildman–Crippen MR) is 121 cm³/mol. The van der Waals surface area contributed by atoms with Crippen LogP contribution in [0.4, 0.5) is 5.69 Å². The lowest BCUT2D eigenvalue weighted by atomic mass is 10.0. The van der Waals surface area contributed by atoms with Crippen molar-refractivity contribution in [1.29, 1.82) is 0 Å². The normalized spacial score (nSPS) is 11.4. The molecule has 0 bridgehead atoms. The van der Waals surface area contributed by atoms with Crippen LogP contribution in [0.25, 0.3) is 0 Å². The van der Waals surface area contributed by atoms with Gasteiger partial charge in [-0.25, -0.2) is 0 Å². The molecule has 0 aliphatic rings. The lowest BCUT2D eigenvalue weighted by molar-refractivity contribution is 0.0938. The van der Waals surface area contributed by atoms with Crippen molar-refractivity contribution in [1.82, 2.24) is 5.32 Å². The molecule has 0 radical (unpaired) electrons. The van der Waals surface area contributed by atoms with Crippen molar-refractivity contribution in [2.24, 2.45) is 0 Å². The molecule has 0 aliphatic carbocycles. The number of rotatable bonds is 7. The lowest BCUT2D eigenvalue weighted by Crippen LogP contribution is -2.27. The summed E-state index contributed by atoms with van der Waals surface area (Å²) in [4.78, 5) is 25.4. The molecule has 31 heavy (non-hydrogen) atoms. The minimum absolute atomic E-state index is 0.226. The van der Waals surface area contributed by atoms with Crippen LogP contribution in [0.3, 0.4) is 0 Å². The summed E-state index contributed by atoms with van der Waals surface area (Å²) in [5.74, 6) is 0.856. The highest BCUT2D eigenvalue weighted by atomic mass is 16.5. The van der Waals surface area contributed by atoms with Crippen molar-refractivity contribution in [2.45, 2.75) is 19.9 Å². The van der Waals surface area contributed by atoms with Gasteiger partial charge in [0, 0.05) is 22.4 Å². The van der Waals surface area contributed by atoms with E-state index in [1.165, 1.54) is 0 Å². The van der Waals surface area contributed by atoms with Gasteiger partial charge in [-0.15, -0.1) is 0 Å². The first-order chi connectivity index (χ1) is 14.9. The molecule has 2 N–H and O–H groups in total. The summed E-state index contributed by atoms with van der Waals surface area (Å²) in [5.41, 5.74) is 3.26. The largest absolute Gasteiger partial charge is 0.497 e. The van der Waals surface area contributed by atoms with Crippen LogP contribution in [-0.2, 0) is 0 Å². The number of carbonyl (C=O) groups is 2. The van der Waals surface area contributed by atoms with Gasteiger partial charge in [-0.2, -0.15) is 0 Å². The number of hydrogen-bond acceptors (Lipinski definition) is 4. The van der Waals surface area contributed by atoms with Crippen LogP contribution in [0.2, 0.25) is 0 Å². The highest BCUT2D eigenvalue weighted by Gasteiger charge is 2.17. The molecule has 3 rings (SSSR count). The molecule has 6 heteroatoms. The number of amides is 2. The highest BCUT2D eigenvalue weighted by Crippen LogP contribution is 2.29. The SMILES string of the molecule is COc1ccc(OC)c([C@H](C)NC(=O)c2ccc(C)c(NC(=O)c3ccccc3)c2)c1. The molecular weight excluding hydrogens is 392 g/mol. The molecule has 3 aromatic rings. The average Bonchev–Trinajstić information content (AvgIpc) is 2.80. The van der Waals surface area contributed by atoms with Gasteiger partial charge in [0.15, 0.2) is 0 Å². The molecule has 1 atom stereocenters. The molecule has 0 aromatic heterocycles. The standard InChI is InChI=1S/C25H26N2O4/c1-16-10-11-19(14-22(16)27-24(28)18-8-6-5-7-9-18)25(29)26-17(2)21-15-20(30-3)12-13-23(21)31-4/h5-15,17H,1-4H3,(H,26,29)(H,27,28)/t17-/m0/s1. The second kappa shape index (κ2) is 9.80. The molecule has 0 saturated carbocycles. The summed E-state index contributed by atoms with van der Waals surface area (Å²) in [6.45, 7) is 3.76. The van der Waals surface area contributed by atoms with E-state index in [4.69, 9.17) is 9.47 Å². The van der Waals surface area contributed by atoms with Crippen LogP contribution in [0.5, 0.6) is 11.5 Å². The van der Waals surface area contributed by atoms with Gasteiger partial charge in [0.1, 0.15) is 11.5 Å². The van der Waals surface area contributed by atoms with Gasteiger partial charge in [0.25, 0.3) is 11.8 Å². The Bertz CT molecular complexity index is 1080. The summed E-state index contributed by atoms with van der Waals surface area (Å²) < 4.78 is 10.7. The maximum atomic E-state index is 12.9. The minimum atomic E-state index is -0.318. The summed E-state index contributed by atoms with van der Waals surface area (Å²) in [7, 11) is 3.17. The maximum Gasteiger partial charge on any atom is 0.255 e. The van der Waals surface area contributed by atoms with Gasteiger partial charge in [-0.1, -0.05) is 24.3 Å². The summed E-state index contributed by atoms with van der Waals surface area (Å²) in [6.07, 6.45) is 0. The number of carbonyl (C=O) groups excluding carboxylic acids is 2. The third-order valence-electron chi connectivity index (χ3n) is 5.03. The van der Waals surface area contributed by atoms with Crippen molar-refractivity contribution in [3.8, 4) is 11.5 Å². The molecule has 6 nitrogen and oxygen atoms in total. The molecule has 0 aliphatic heterocycles. The fourth-order valence-corrected chi connectivity index (χ4v) is 3.22. The van der Waals surface area contributed by atoms with Gasteiger partial charge in [-0.05, 0) is 61.9 Å². The second-order valence-corrected chi connectivity index (χ2v) is 7.15. The third kappa shape index (κ3) is 5.22. The molecule has 0 heterocycles. The maximum absolute atomic E-state index is 12.9. The van der Waals surface area contributed by atoms with Crippen molar-refractivity contribution >= 4 is 17.5 Å². The Kier molecular flexibility index (Phi) is 6.92. The zero-order valence-corrected chi connectivity index (χ0v) is 18.1. The van der Waals surface area contributed by atoms with E-state index in [1.807, 2.05) is 32.0 Å². The second-order valence-electron chi connectivity index (χ2n) is 7.15. The molecule has 0 spiro atoms. The molecule has 0 fully saturated rings. The van der Waals surface area contributed by atoms with Gasteiger partial charge in [-0.3, -0.25) is 9.59 Å². The minimum Gasteiger partial charge on any atom is -0.497 e. The van der Waals surface area contributed by atoms with Crippen molar-refractivity contribution in [3.05, 3.63) is 89.0 Å². The van der Waals surface area contributed by atoms with Crippen LogP contribution in [0, 0.1) is 6.92 Å². The number of methoxy groups -OCH3 is 2. The van der Waals surface area contributed by atoms with Crippen molar-refractivity contribution < 1.29 is 19.1 Å². The molecule has 160 valence electrons. The van der Waals surface area contributed by atoms with Crippen LogP contribution in [-0.4, -0.2) is 26.0 Å². The lowest BCUT2D eigenvalue weighted by Gasteiger charge is -2.19. The van der Waals surface area contributed by atoms with E-state index in [1.54, 1.807) is 62.8 Å². The first kappa shape index (κ1) is 21.9. The number of benzene rings is 3. The Labute approximate surface area is 182 Å². The zero-order valence-electron chi connectivity index (χ0n) is 18.1. The van der Waals surface area contributed by atoms with E-state index in [0.29, 0.717) is 28.3 Å². The number of anilines is 1. The van der Waals surface area contributed by atoms with E-state index in [2.05, 4.69) is 10.6 Å². The van der Waals surface area contributed by atoms with Gasteiger partial charge < -0.3 is 20.1 Å². The van der Waals surface area contributed by atoms with Crippen LogP contribution >= 0.6 is 0 Å². The van der Waals surface area contributed by atoms with Crippen molar-refractivity contribution in [3.63, 3.8) is 0 Å². The first-order valence-corrected chi connectivity index (χ1v) is 9.92. The predicted octanol–water partition coefficient (Wildman–Crippen LogP) is 4.76. The Morgan fingerprint density at radius 1 is 0.839 bits per heavy atom. The summed E-state index contributed by atoms with van der Waals surface area (Å²) >= 11 is 0. The number of ether oxygens (including phenoxy) is 2.